The molecule has 0 spiro atoms. The van der Waals surface area contributed by atoms with Crippen molar-refractivity contribution in [2.45, 2.75) is 6.61 Å². The van der Waals surface area contributed by atoms with Crippen LogP contribution in [0.25, 0.3) is 12.2 Å². The molecule has 1 aromatic heterocycles. The summed E-state index contributed by atoms with van der Waals surface area (Å²) < 4.78 is 24.9. The highest BCUT2D eigenvalue weighted by molar-refractivity contribution is 14.1. The van der Waals surface area contributed by atoms with Gasteiger partial charge in [0.2, 0.25) is 5.89 Å². The Morgan fingerprint density at radius 3 is 2.75 bits per heavy atom. The van der Waals surface area contributed by atoms with Crippen LogP contribution in [0.1, 0.15) is 17.0 Å². The van der Waals surface area contributed by atoms with Crippen LogP contribution in [-0.2, 0) is 6.61 Å². The van der Waals surface area contributed by atoms with E-state index in [-0.39, 0.29) is 11.8 Å². The van der Waals surface area contributed by atoms with Gasteiger partial charge in [-0.2, -0.15) is 0 Å². The van der Waals surface area contributed by atoms with E-state index in [1.165, 1.54) is 12.1 Å². The molecule has 2 aromatic carbocycles. The van der Waals surface area contributed by atoms with E-state index in [0.29, 0.717) is 12.5 Å². The van der Waals surface area contributed by atoms with Gasteiger partial charge in [0, 0.05) is 6.08 Å². The molecule has 0 atom stereocenters. The standard InChI is InChI=1S/C17H13FIN3O2/c18-13-3-1-2-12(8-13)10-23-15-6-4-11(9-14(15)19)5-7-16-21-22-17(20)24-16/h1-9H,10H2,(H2,20,22)/b7-5+. The largest absolute Gasteiger partial charge is 0.488 e. The number of rotatable bonds is 5. The van der Waals surface area contributed by atoms with Crippen molar-refractivity contribution in [3.05, 3.63) is 68.9 Å². The lowest BCUT2D eigenvalue weighted by molar-refractivity contribution is 0.303. The highest BCUT2D eigenvalue weighted by Crippen LogP contribution is 2.24. The van der Waals surface area contributed by atoms with E-state index < -0.39 is 0 Å². The lowest BCUT2D eigenvalue weighted by atomic mass is 10.2. The van der Waals surface area contributed by atoms with Crippen molar-refractivity contribution in [3.63, 3.8) is 0 Å². The zero-order valence-corrected chi connectivity index (χ0v) is 14.6. The lowest BCUT2D eigenvalue weighted by Crippen LogP contribution is -1.97. The maximum Gasteiger partial charge on any atom is 0.313 e. The van der Waals surface area contributed by atoms with Gasteiger partial charge in [0.15, 0.2) is 0 Å². The molecule has 1 heterocycles. The molecule has 7 heteroatoms. The van der Waals surface area contributed by atoms with E-state index in [1.807, 2.05) is 30.3 Å². The third-order valence-corrected chi connectivity index (χ3v) is 3.96. The van der Waals surface area contributed by atoms with Crippen LogP contribution < -0.4 is 10.5 Å². The Bertz CT molecular complexity index is 880. The number of anilines is 1. The molecule has 0 aliphatic heterocycles. The van der Waals surface area contributed by atoms with Crippen LogP contribution in [0.2, 0.25) is 0 Å². The van der Waals surface area contributed by atoms with Gasteiger partial charge in [-0.1, -0.05) is 23.3 Å². The van der Waals surface area contributed by atoms with Gasteiger partial charge < -0.3 is 14.9 Å². The fourth-order valence-corrected chi connectivity index (χ4v) is 2.70. The van der Waals surface area contributed by atoms with Crippen LogP contribution in [0.5, 0.6) is 5.75 Å². The Labute approximate surface area is 151 Å². The van der Waals surface area contributed by atoms with Crippen molar-refractivity contribution in [3.8, 4) is 5.75 Å². The number of benzene rings is 2. The summed E-state index contributed by atoms with van der Waals surface area (Å²) in [4.78, 5) is 0. The molecular weight excluding hydrogens is 424 g/mol. The monoisotopic (exact) mass is 437 g/mol. The Hall–Kier alpha value is -2.42. The second-order valence-electron chi connectivity index (χ2n) is 4.92. The van der Waals surface area contributed by atoms with Crippen molar-refractivity contribution < 1.29 is 13.5 Å². The van der Waals surface area contributed by atoms with Gasteiger partial charge in [-0.05, 0) is 64.1 Å². The van der Waals surface area contributed by atoms with Crippen LogP contribution in [-0.4, -0.2) is 10.2 Å². The van der Waals surface area contributed by atoms with Crippen LogP contribution in [0.15, 0.2) is 46.9 Å². The van der Waals surface area contributed by atoms with Gasteiger partial charge in [0.05, 0.1) is 3.57 Å². The molecule has 0 aliphatic rings. The molecule has 0 aliphatic carbocycles. The maximum atomic E-state index is 13.2. The molecule has 0 radical (unpaired) electrons. The van der Waals surface area contributed by atoms with Crippen molar-refractivity contribution in [1.29, 1.82) is 0 Å². The van der Waals surface area contributed by atoms with E-state index in [1.54, 1.807) is 12.1 Å². The Kier molecular flexibility index (Phi) is 5.09. The zero-order chi connectivity index (χ0) is 16.9. The van der Waals surface area contributed by atoms with Gasteiger partial charge in [0.1, 0.15) is 18.2 Å². The summed E-state index contributed by atoms with van der Waals surface area (Å²) in [6.07, 6.45) is 3.52. The smallest absolute Gasteiger partial charge is 0.313 e. The fourth-order valence-electron chi connectivity index (χ4n) is 2.01. The maximum absolute atomic E-state index is 13.2. The third-order valence-electron chi connectivity index (χ3n) is 3.11. The number of ether oxygens (including phenoxy) is 1. The van der Waals surface area contributed by atoms with E-state index in [9.17, 15) is 4.39 Å². The minimum Gasteiger partial charge on any atom is -0.488 e. The predicted molar refractivity (Wildman–Crippen MR) is 97.5 cm³/mol. The first-order valence-corrected chi connectivity index (χ1v) is 8.12. The number of halogens is 2. The average Bonchev–Trinajstić information content (AvgIpc) is 2.98. The molecule has 122 valence electrons. The number of nitrogens with zero attached hydrogens (tertiary/aromatic N) is 2. The predicted octanol–water partition coefficient (Wildman–Crippen LogP) is 4.14. The summed E-state index contributed by atoms with van der Waals surface area (Å²) in [6.45, 7) is 0.310. The van der Waals surface area contributed by atoms with Crippen molar-refractivity contribution in [2.24, 2.45) is 0 Å². The minimum absolute atomic E-state index is 0.0327. The fraction of sp³-hybridized carbons (Fsp3) is 0.0588. The van der Waals surface area contributed by atoms with Crippen LogP contribution in [0.3, 0.4) is 0 Å². The number of hydrogen-bond donors (Lipinski definition) is 1. The van der Waals surface area contributed by atoms with Gasteiger partial charge in [0.25, 0.3) is 0 Å². The van der Waals surface area contributed by atoms with E-state index in [2.05, 4.69) is 32.8 Å². The summed E-state index contributed by atoms with van der Waals surface area (Å²) in [6, 6.07) is 12.1. The first kappa shape index (κ1) is 16.4. The summed E-state index contributed by atoms with van der Waals surface area (Å²) >= 11 is 2.19. The minimum atomic E-state index is -0.270. The molecule has 0 unspecified atom stereocenters. The molecule has 3 aromatic rings. The quantitative estimate of drug-likeness (QED) is 0.608. The molecular formula is C17H13FIN3O2. The van der Waals surface area contributed by atoms with Crippen molar-refractivity contribution >= 4 is 40.8 Å². The van der Waals surface area contributed by atoms with Crippen molar-refractivity contribution in [2.75, 3.05) is 5.73 Å². The molecule has 0 amide bonds. The summed E-state index contributed by atoms with van der Waals surface area (Å²) in [7, 11) is 0. The van der Waals surface area contributed by atoms with Gasteiger partial charge in [-0.3, -0.25) is 0 Å². The molecule has 0 saturated carbocycles. The second kappa shape index (κ2) is 7.43. The topological polar surface area (TPSA) is 74.2 Å². The average molecular weight is 437 g/mol. The van der Waals surface area contributed by atoms with Gasteiger partial charge >= 0.3 is 6.01 Å². The number of aromatic nitrogens is 2. The molecule has 0 saturated heterocycles. The summed E-state index contributed by atoms with van der Waals surface area (Å²) in [5.74, 6) is 0.806. The Balaban J connectivity index is 1.67. The molecule has 0 bridgehead atoms. The molecule has 0 fully saturated rings. The van der Waals surface area contributed by atoms with Gasteiger partial charge in [-0.25, -0.2) is 4.39 Å². The van der Waals surface area contributed by atoms with Crippen LogP contribution in [0, 0.1) is 9.39 Å². The highest BCUT2D eigenvalue weighted by Gasteiger charge is 2.04. The highest BCUT2D eigenvalue weighted by atomic mass is 127. The van der Waals surface area contributed by atoms with Crippen molar-refractivity contribution in [1.82, 2.24) is 10.2 Å². The normalized spacial score (nSPS) is 11.1. The third kappa shape index (κ3) is 4.31. The lowest BCUT2D eigenvalue weighted by Gasteiger charge is -2.09. The first-order valence-electron chi connectivity index (χ1n) is 7.04. The summed E-state index contributed by atoms with van der Waals surface area (Å²) in [5.41, 5.74) is 7.10. The SMILES string of the molecule is Nc1nnc(/C=C/c2ccc(OCc3cccc(F)c3)c(I)c2)o1. The van der Waals surface area contributed by atoms with E-state index in [0.717, 1.165) is 20.4 Å². The zero-order valence-electron chi connectivity index (χ0n) is 12.4. The number of hydrogen-bond acceptors (Lipinski definition) is 5. The number of nitrogen functional groups attached to an aromatic ring is 1. The molecule has 5 nitrogen and oxygen atoms in total. The first-order chi connectivity index (χ1) is 11.6. The van der Waals surface area contributed by atoms with E-state index in [4.69, 9.17) is 14.9 Å². The van der Waals surface area contributed by atoms with E-state index >= 15 is 0 Å². The molecule has 24 heavy (non-hydrogen) atoms. The van der Waals surface area contributed by atoms with Crippen LogP contribution in [0.4, 0.5) is 10.4 Å². The Morgan fingerprint density at radius 1 is 1.17 bits per heavy atom. The second-order valence-corrected chi connectivity index (χ2v) is 6.08. The summed E-state index contributed by atoms with van der Waals surface area (Å²) in [5, 5.41) is 7.34. The molecule has 3 rings (SSSR count). The Morgan fingerprint density at radius 2 is 2.04 bits per heavy atom. The van der Waals surface area contributed by atoms with Gasteiger partial charge in [-0.15, -0.1) is 5.10 Å². The molecule has 2 N–H and O–H groups in total. The van der Waals surface area contributed by atoms with Crippen LogP contribution >= 0.6 is 22.6 Å². The number of nitrogens with two attached hydrogens (primary N) is 1.